The quantitative estimate of drug-likeness (QED) is 0.236. The number of anilines is 1. The van der Waals surface area contributed by atoms with Crippen molar-refractivity contribution in [3.05, 3.63) is 91.9 Å². The number of Topliss-reactive ketones (excluding diaryl/α,β-unsaturated/α-hetero) is 1. The maximum atomic E-state index is 14.7. The third kappa shape index (κ3) is 3.69. The summed E-state index contributed by atoms with van der Waals surface area (Å²) in [6, 6.07) is 16.9. The Labute approximate surface area is 233 Å². The van der Waals surface area contributed by atoms with Gasteiger partial charge in [-0.1, -0.05) is 28.1 Å². The monoisotopic (exact) mass is 591 g/mol. The summed E-state index contributed by atoms with van der Waals surface area (Å²) in [5.41, 5.74) is 1.13. The van der Waals surface area contributed by atoms with E-state index in [0.717, 1.165) is 22.9 Å². The van der Waals surface area contributed by atoms with Gasteiger partial charge in [-0.3, -0.25) is 24.6 Å². The summed E-state index contributed by atoms with van der Waals surface area (Å²) >= 11 is 3.56. The summed E-state index contributed by atoms with van der Waals surface area (Å²) < 4.78 is 11.7. The van der Waals surface area contributed by atoms with Crippen LogP contribution in [-0.4, -0.2) is 48.3 Å². The molecule has 0 bridgehead atoms. The van der Waals surface area contributed by atoms with Crippen molar-refractivity contribution in [3.8, 4) is 11.5 Å². The van der Waals surface area contributed by atoms with Gasteiger partial charge in [0.2, 0.25) is 5.91 Å². The molecule has 10 heteroatoms. The molecule has 0 aliphatic carbocycles. The van der Waals surface area contributed by atoms with Crippen LogP contribution in [0.1, 0.15) is 40.2 Å². The number of amides is 1. The first-order chi connectivity index (χ1) is 18.8. The molecular weight excluding hydrogens is 566 g/mol. The highest BCUT2D eigenvalue weighted by Gasteiger charge is 2.69. The number of hydrogen-bond acceptors (Lipinski definition) is 7. The van der Waals surface area contributed by atoms with E-state index in [1.807, 2.05) is 24.3 Å². The van der Waals surface area contributed by atoms with Crippen LogP contribution in [0, 0.1) is 16.0 Å². The fraction of sp³-hybridized carbons (Fsp3) is 0.310. The van der Waals surface area contributed by atoms with Crippen molar-refractivity contribution >= 4 is 39.0 Å². The normalized spacial score (nSPS) is 25.3. The third-order valence-corrected chi connectivity index (χ3v) is 8.87. The number of methoxy groups -OCH3 is 2. The number of halogens is 1. The number of nitro groups is 1. The molecule has 2 fully saturated rings. The van der Waals surface area contributed by atoms with Crippen LogP contribution in [0.15, 0.2) is 65.1 Å². The minimum atomic E-state index is -1.28. The highest BCUT2D eigenvalue weighted by molar-refractivity contribution is 9.10. The fourth-order valence-electron chi connectivity index (χ4n) is 6.92. The Morgan fingerprint density at radius 1 is 1.10 bits per heavy atom. The minimum absolute atomic E-state index is 0.0469. The molecule has 3 aliphatic rings. The molecule has 3 aromatic carbocycles. The average molecular weight is 592 g/mol. The number of benzene rings is 3. The molecule has 0 radical (unpaired) electrons. The summed E-state index contributed by atoms with van der Waals surface area (Å²) in [6.07, 6.45) is 1.62. The molecular formula is C29H26BrN3O6. The molecule has 1 N–H and O–H groups in total. The first kappa shape index (κ1) is 25.5. The van der Waals surface area contributed by atoms with Crippen molar-refractivity contribution in [1.82, 2.24) is 4.90 Å². The van der Waals surface area contributed by atoms with Crippen LogP contribution in [0.3, 0.4) is 0 Å². The van der Waals surface area contributed by atoms with E-state index in [9.17, 15) is 19.7 Å². The molecule has 3 unspecified atom stereocenters. The Kier molecular flexibility index (Phi) is 6.19. The molecule has 39 heavy (non-hydrogen) atoms. The summed E-state index contributed by atoms with van der Waals surface area (Å²) in [4.78, 5) is 42.3. The maximum Gasteiger partial charge on any atom is 0.269 e. The van der Waals surface area contributed by atoms with E-state index >= 15 is 0 Å². The van der Waals surface area contributed by atoms with Crippen molar-refractivity contribution in [2.24, 2.45) is 5.92 Å². The van der Waals surface area contributed by atoms with Crippen LogP contribution in [-0.2, 0) is 10.3 Å². The zero-order chi connectivity index (χ0) is 27.5. The number of nitrogens with one attached hydrogen (secondary N) is 1. The Bertz CT molecular complexity index is 1530. The lowest BCUT2D eigenvalue weighted by Crippen LogP contribution is -2.52. The number of rotatable bonds is 6. The van der Waals surface area contributed by atoms with Gasteiger partial charge in [-0.05, 0) is 61.3 Å². The zero-order valence-corrected chi connectivity index (χ0v) is 22.9. The maximum absolute atomic E-state index is 14.7. The van der Waals surface area contributed by atoms with E-state index in [0.29, 0.717) is 34.9 Å². The SMILES string of the molecule is COc1ccc(C(=O)C2C(c3cccc([N+](=O)[O-])c3)C3CCCN3[C@@]23C(=O)Nc2ccc(Br)cc23)cc1OC. The molecule has 3 heterocycles. The van der Waals surface area contributed by atoms with Crippen LogP contribution >= 0.6 is 15.9 Å². The number of nitrogens with zero attached hydrogens (tertiary/aromatic N) is 2. The van der Waals surface area contributed by atoms with Crippen LogP contribution in [0.4, 0.5) is 11.4 Å². The summed E-state index contributed by atoms with van der Waals surface area (Å²) in [5, 5.41) is 14.7. The third-order valence-electron chi connectivity index (χ3n) is 8.38. The van der Waals surface area contributed by atoms with Gasteiger partial charge in [0, 0.05) is 45.4 Å². The molecule has 1 amide bonds. The van der Waals surface area contributed by atoms with E-state index < -0.39 is 22.3 Å². The highest BCUT2D eigenvalue weighted by Crippen LogP contribution is 2.61. The van der Waals surface area contributed by atoms with Crippen molar-refractivity contribution in [1.29, 1.82) is 0 Å². The molecule has 1 spiro atoms. The van der Waals surface area contributed by atoms with E-state index in [1.54, 1.807) is 30.3 Å². The lowest BCUT2D eigenvalue weighted by atomic mass is 9.68. The van der Waals surface area contributed by atoms with E-state index in [1.165, 1.54) is 20.3 Å². The predicted molar refractivity (Wildman–Crippen MR) is 147 cm³/mol. The van der Waals surface area contributed by atoms with E-state index in [-0.39, 0.29) is 23.4 Å². The Hall–Kier alpha value is -3.76. The number of carbonyl (C=O) groups is 2. The molecule has 3 aromatic rings. The number of ketones is 1. The number of ether oxygens (including phenoxy) is 2. The van der Waals surface area contributed by atoms with Gasteiger partial charge in [0.15, 0.2) is 17.3 Å². The van der Waals surface area contributed by atoms with E-state index in [4.69, 9.17) is 9.47 Å². The lowest BCUT2D eigenvalue weighted by Gasteiger charge is -2.37. The molecule has 6 rings (SSSR count). The van der Waals surface area contributed by atoms with Crippen LogP contribution in [0.25, 0.3) is 0 Å². The summed E-state index contributed by atoms with van der Waals surface area (Å²) in [7, 11) is 3.03. The molecule has 0 saturated carbocycles. The fourth-order valence-corrected chi connectivity index (χ4v) is 7.28. The van der Waals surface area contributed by atoms with Gasteiger partial charge in [0.1, 0.15) is 5.54 Å². The first-order valence-electron chi connectivity index (χ1n) is 12.7. The highest BCUT2D eigenvalue weighted by atomic mass is 79.9. The van der Waals surface area contributed by atoms with Crippen molar-refractivity contribution in [3.63, 3.8) is 0 Å². The molecule has 3 aliphatic heterocycles. The van der Waals surface area contributed by atoms with Gasteiger partial charge in [-0.2, -0.15) is 0 Å². The molecule has 0 aromatic heterocycles. The van der Waals surface area contributed by atoms with Gasteiger partial charge < -0.3 is 14.8 Å². The Morgan fingerprint density at radius 2 is 1.90 bits per heavy atom. The summed E-state index contributed by atoms with van der Waals surface area (Å²) in [5.74, 6) is -0.901. The second kappa shape index (κ2) is 9.46. The standard InChI is InChI=1S/C29H26BrN3O6/c1-38-23-11-8-17(14-24(23)39-2)27(34)26-25(16-5-3-6-19(13-16)33(36)37)22-7-4-12-32(22)29(26)20-15-18(30)9-10-21(20)31-28(29)35/h3,5-6,8-11,13-15,22,25-26H,4,7,12H2,1-2H3,(H,31,35)/t22?,25?,26?,29-/m1/s1. The molecule has 9 nitrogen and oxygen atoms in total. The van der Waals surface area contributed by atoms with Gasteiger partial charge >= 0.3 is 0 Å². The van der Waals surface area contributed by atoms with Gasteiger partial charge in [0.05, 0.1) is 25.1 Å². The number of nitro benzene ring substituents is 1. The average Bonchev–Trinajstić information content (AvgIpc) is 3.61. The lowest BCUT2D eigenvalue weighted by molar-refractivity contribution is -0.384. The van der Waals surface area contributed by atoms with Crippen LogP contribution in [0.2, 0.25) is 0 Å². The Balaban J connectivity index is 1.61. The Morgan fingerprint density at radius 3 is 2.64 bits per heavy atom. The summed E-state index contributed by atoms with van der Waals surface area (Å²) in [6.45, 7) is 0.630. The smallest absolute Gasteiger partial charge is 0.269 e. The second-order valence-corrected chi connectivity index (χ2v) is 11.0. The molecule has 200 valence electrons. The topological polar surface area (TPSA) is 111 Å². The number of carbonyl (C=O) groups excluding carboxylic acids is 2. The largest absolute Gasteiger partial charge is 0.493 e. The first-order valence-corrected chi connectivity index (χ1v) is 13.5. The number of fused-ring (bicyclic) bond motifs is 4. The van der Waals surface area contributed by atoms with Gasteiger partial charge in [-0.25, -0.2) is 0 Å². The minimum Gasteiger partial charge on any atom is -0.493 e. The number of non-ortho nitro benzene ring substituents is 1. The van der Waals surface area contributed by atoms with Crippen molar-refractivity contribution in [2.75, 3.05) is 26.1 Å². The van der Waals surface area contributed by atoms with Crippen LogP contribution in [0.5, 0.6) is 11.5 Å². The number of hydrogen-bond donors (Lipinski definition) is 1. The van der Waals surface area contributed by atoms with Gasteiger partial charge in [0.25, 0.3) is 5.69 Å². The zero-order valence-electron chi connectivity index (χ0n) is 21.3. The van der Waals surface area contributed by atoms with E-state index in [2.05, 4.69) is 26.1 Å². The van der Waals surface area contributed by atoms with Gasteiger partial charge in [-0.15, -0.1) is 0 Å². The molecule has 2 saturated heterocycles. The second-order valence-electron chi connectivity index (χ2n) is 10.1. The molecule has 4 atom stereocenters. The van der Waals surface area contributed by atoms with Crippen LogP contribution < -0.4 is 14.8 Å². The van der Waals surface area contributed by atoms with Crippen molar-refractivity contribution in [2.45, 2.75) is 30.3 Å². The van der Waals surface area contributed by atoms with Crippen molar-refractivity contribution < 1.29 is 24.0 Å². The predicted octanol–water partition coefficient (Wildman–Crippen LogP) is 5.28.